The fourth-order valence-corrected chi connectivity index (χ4v) is 4.69. The van der Waals surface area contributed by atoms with E-state index in [1.807, 2.05) is 25.1 Å². The van der Waals surface area contributed by atoms with Gasteiger partial charge in [-0.15, -0.1) is 0 Å². The molecule has 0 radical (unpaired) electrons. The smallest absolute Gasteiger partial charge is 0.242 e. The van der Waals surface area contributed by atoms with Gasteiger partial charge in [0, 0.05) is 26.6 Å². The molecule has 2 aromatic rings. The van der Waals surface area contributed by atoms with E-state index in [0.717, 1.165) is 6.42 Å². The summed E-state index contributed by atoms with van der Waals surface area (Å²) >= 11 is 0. The molecule has 1 unspecified atom stereocenters. The maximum atomic E-state index is 12.6. The van der Waals surface area contributed by atoms with E-state index in [0.29, 0.717) is 17.7 Å². The third-order valence-electron chi connectivity index (χ3n) is 5.43. The molecule has 170 valence electrons. The van der Waals surface area contributed by atoms with Crippen molar-refractivity contribution in [3.8, 4) is 5.75 Å². The van der Waals surface area contributed by atoms with Crippen LogP contribution in [-0.2, 0) is 26.7 Å². The Morgan fingerprint density at radius 2 is 1.77 bits per heavy atom. The van der Waals surface area contributed by atoms with E-state index in [4.69, 9.17) is 4.74 Å². The van der Waals surface area contributed by atoms with Crippen LogP contribution < -0.4 is 10.1 Å². The molecule has 1 amide bonds. The molecule has 0 aliphatic heterocycles. The largest absolute Gasteiger partial charge is 0.496 e. The molecule has 0 bridgehead atoms. The summed E-state index contributed by atoms with van der Waals surface area (Å²) in [5.41, 5.74) is 1.86. The summed E-state index contributed by atoms with van der Waals surface area (Å²) in [5, 5.41) is 3.07. The molecule has 1 N–H and O–H groups in total. The number of amides is 1. The van der Waals surface area contributed by atoms with Crippen molar-refractivity contribution >= 4 is 15.9 Å². The van der Waals surface area contributed by atoms with E-state index in [2.05, 4.69) is 31.3 Å². The van der Waals surface area contributed by atoms with Crippen LogP contribution >= 0.6 is 0 Å². The molecular weight excluding hydrogens is 412 g/mol. The molecule has 0 aromatic heterocycles. The SMILES string of the molecule is COc1ccc(S(=O)(=O)N(C)C)cc1CCC(=O)NC(C)CC(C)(C)c1ccccc1. The summed E-state index contributed by atoms with van der Waals surface area (Å²) in [4.78, 5) is 12.7. The van der Waals surface area contributed by atoms with Crippen LogP contribution in [0.25, 0.3) is 0 Å². The average molecular weight is 447 g/mol. The van der Waals surface area contributed by atoms with E-state index in [-0.39, 0.29) is 28.7 Å². The number of sulfonamides is 1. The molecule has 0 saturated carbocycles. The maximum absolute atomic E-state index is 12.6. The van der Waals surface area contributed by atoms with Crippen molar-refractivity contribution in [2.24, 2.45) is 0 Å². The van der Waals surface area contributed by atoms with Crippen LogP contribution in [0.1, 0.15) is 44.7 Å². The van der Waals surface area contributed by atoms with Crippen molar-refractivity contribution in [2.75, 3.05) is 21.2 Å². The highest BCUT2D eigenvalue weighted by molar-refractivity contribution is 7.89. The first kappa shape index (κ1) is 24.9. The summed E-state index contributed by atoms with van der Waals surface area (Å²) in [7, 11) is 0.965. The zero-order valence-electron chi connectivity index (χ0n) is 19.3. The molecule has 0 fully saturated rings. The molecule has 0 aliphatic rings. The number of benzene rings is 2. The van der Waals surface area contributed by atoms with Gasteiger partial charge < -0.3 is 10.1 Å². The lowest BCUT2D eigenvalue weighted by Crippen LogP contribution is -2.37. The second-order valence-corrected chi connectivity index (χ2v) is 10.8. The summed E-state index contributed by atoms with van der Waals surface area (Å²) in [5.74, 6) is 0.503. The van der Waals surface area contributed by atoms with Gasteiger partial charge in [0.15, 0.2) is 0 Å². The maximum Gasteiger partial charge on any atom is 0.242 e. The minimum atomic E-state index is -3.55. The molecule has 0 aliphatic carbocycles. The van der Waals surface area contributed by atoms with Crippen LogP contribution in [0.15, 0.2) is 53.4 Å². The molecule has 0 heterocycles. The van der Waals surface area contributed by atoms with Crippen molar-refractivity contribution in [1.82, 2.24) is 9.62 Å². The number of nitrogens with zero attached hydrogens (tertiary/aromatic N) is 1. The Labute approximate surface area is 186 Å². The molecular formula is C24H34N2O4S. The first-order valence-electron chi connectivity index (χ1n) is 10.4. The van der Waals surface area contributed by atoms with Gasteiger partial charge in [0.1, 0.15) is 5.75 Å². The predicted molar refractivity (Wildman–Crippen MR) is 124 cm³/mol. The normalized spacial score (nSPS) is 13.1. The number of ether oxygens (including phenoxy) is 1. The number of methoxy groups -OCH3 is 1. The molecule has 0 saturated heterocycles. The highest BCUT2D eigenvalue weighted by Gasteiger charge is 2.24. The zero-order chi connectivity index (χ0) is 23.2. The van der Waals surface area contributed by atoms with Gasteiger partial charge in [0.25, 0.3) is 0 Å². The van der Waals surface area contributed by atoms with Crippen LogP contribution in [0.3, 0.4) is 0 Å². The summed E-state index contributed by atoms with van der Waals surface area (Å²) in [6, 6.07) is 15.0. The van der Waals surface area contributed by atoms with Crippen molar-refractivity contribution < 1.29 is 17.9 Å². The quantitative estimate of drug-likeness (QED) is 0.603. The fraction of sp³-hybridized carbons (Fsp3) is 0.458. The second kappa shape index (κ2) is 10.3. The molecule has 2 rings (SSSR count). The number of rotatable bonds is 10. The Morgan fingerprint density at radius 1 is 1.13 bits per heavy atom. The van der Waals surface area contributed by atoms with Gasteiger partial charge in [-0.05, 0) is 54.5 Å². The Balaban J connectivity index is 2.02. The van der Waals surface area contributed by atoms with Crippen LogP contribution in [-0.4, -0.2) is 45.9 Å². The Morgan fingerprint density at radius 3 is 2.35 bits per heavy atom. The predicted octanol–water partition coefficient (Wildman–Crippen LogP) is 3.75. The minimum Gasteiger partial charge on any atom is -0.496 e. The Bertz CT molecular complexity index is 986. The molecule has 6 nitrogen and oxygen atoms in total. The van der Waals surface area contributed by atoms with E-state index in [9.17, 15) is 13.2 Å². The van der Waals surface area contributed by atoms with E-state index >= 15 is 0 Å². The summed E-state index contributed by atoms with van der Waals surface area (Å²) < 4.78 is 31.4. The zero-order valence-corrected chi connectivity index (χ0v) is 20.1. The molecule has 2 aromatic carbocycles. The summed E-state index contributed by atoms with van der Waals surface area (Å²) in [6.45, 7) is 6.35. The molecule has 7 heteroatoms. The topological polar surface area (TPSA) is 75.7 Å². The van der Waals surface area contributed by atoms with Gasteiger partial charge in [-0.3, -0.25) is 4.79 Å². The van der Waals surface area contributed by atoms with Crippen molar-refractivity contribution in [1.29, 1.82) is 0 Å². The molecule has 31 heavy (non-hydrogen) atoms. The fourth-order valence-electron chi connectivity index (χ4n) is 3.74. The average Bonchev–Trinajstić information content (AvgIpc) is 2.72. The van der Waals surface area contributed by atoms with Crippen molar-refractivity contribution in [2.45, 2.75) is 56.4 Å². The highest BCUT2D eigenvalue weighted by atomic mass is 32.2. The van der Waals surface area contributed by atoms with Crippen LogP contribution in [0, 0.1) is 0 Å². The third kappa shape index (κ3) is 6.55. The van der Waals surface area contributed by atoms with Gasteiger partial charge >= 0.3 is 0 Å². The van der Waals surface area contributed by atoms with Crippen molar-refractivity contribution in [3.63, 3.8) is 0 Å². The van der Waals surface area contributed by atoms with Gasteiger partial charge in [-0.1, -0.05) is 44.2 Å². The number of nitrogens with one attached hydrogen (secondary N) is 1. The number of carbonyl (C=O) groups is 1. The number of hydrogen-bond donors (Lipinski definition) is 1. The Kier molecular flexibility index (Phi) is 8.26. The van der Waals surface area contributed by atoms with E-state index in [1.54, 1.807) is 12.1 Å². The standard InChI is InChI=1S/C24H34N2O4S/c1-18(17-24(2,3)20-10-8-7-9-11-20)25-23(27)15-12-19-16-21(13-14-22(19)30-6)31(28,29)26(4)5/h7-11,13-14,16,18H,12,15,17H2,1-6H3,(H,25,27). The van der Waals surface area contributed by atoms with Crippen LogP contribution in [0.2, 0.25) is 0 Å². The molecule has 1 atom stereocenters. The lowest BCUT2D eigenvalue weighted by molar-refractivity contribution is -0.121. The van der Waals surface area contributed by atoms with Crippen LogP contribution in [0.5, 0.6) is 5.75 Å². The lowest BCUT2D eigenvalue weighted by atomic mass is 9.79. The first-order valence-corrected chi connectivity index (χ1v) is 11.9. The van der Waals surface area contributed by atoms with E-state index in [1.165, 1.54) is 37.1 Å². The van der Waals surface area contributed by atoms with Gasteiger partial charge in [0.05, 0.1) is 12.0 Å². The monoisotopic (exact) mass is 446 g/mol. The number of aryl methyl sites for hydroxylation is 1. The second-order valence-electron chi connectivity index (χ2n) is 8.68. The van der Waals surface area contributed by atoms with E-state index < -0.39 is 10.0 Å². The van der Waals surface area contributed by atoms with Gasteiger partial charge in [0.2, 0.25) is 15.9 Å². The van der Waals surface area contributed by atoms with Gasteiger partial charge in [-0.25, -0.2) is 12.7 Å². The van der Waals surface area contributed by atoms with Gasteiger partial charge in [-0.2, -0.15) is 0 Å². The summed E-state index contributed by atoms with van der Waals surface area (Å²) in [6.07, 6.45) is 1.45. The number of hydrogen-bond acceptors (Lipinski definition) is 4. The molecule has 0 spiro atoms. The highest BCUT2D eigenvalue weighted by Crippen LogP contribution is 2.28. The minimum absolute atomic E-state index is 0.00468. The van der Waals surface area contributed by atoms with Crippen molar-refractivity contribution in [3.05, 3.63) is 59.7 Å². The Hall–Kier alpha value is -2.38. The number of carbonyl (C=O) groups excluding carboxylic acids is 1. The first-order chi connectivity index (χ1) is 14.5. The third-order valence-corrected chi connectivity index (χ3v) is 7.24. The van der Waals surface area contributed by atoms with Crippen LogP contribution in [0.4, 0.5) is 0 Å². The lowest BCUT2D eigenvalue weighted by Gasteiger charge is -2.29.